The highest BCUT2D eigenvalue weighted by Crippen LogP contribution is 2.16. The first kappa shape index (κ1) is 10.3. The number of aromatic nitrogens is 1. The lowest BCUT2D eigenvalue weighted by Crippen LogP contribution is -2.18. The fraction of sp³-hybridized carbons (Fsp3) is 0.333. The topological polar surface area (TPSA) is 79.5 Å². The van der Waals surface area contributed by atoms with Gasteiger partial charge in [-0.2, -0.15) is 0 Å². The van der Waals surface area contributed by atoms with Gasteiger partial charge in [0.25, 0.3) is 0 Å². The SMILES string of the molecule is CCN(C)c1cc(C(=O)O)c(N)cn1. The Labute approximate surface area is 82.2 Å². The molecule has 1 aromatic heterocycles. The van der Waals surface area contributed by atoms with E-state index in [9.17, 15) is 4.79 Å². The summed E-state index contributed by atoms with van der Waals surface area (Å²) in [7, 11) is 1.84. The van der Waals surface area contributed by atoms with Crippen molar-refractivity contribution in [3.63, 3.8) is 0 Å². The number of nitrogens with zero attached hydrogens (tertiary/aromatic N) is 2. The summed E-state index contributed by atoms with van der Waals surface area (Å²) in [5.74, 6) is -0.422. The number of hydrogen-bond donors (Lipinski definition) is 2. The molecule has 14 heavy (non-hydrogen) atoms. The minimum absolute atomic E-state index is 0.0929. The first-order chi connectivity index (χ1) is 6.56. The number of nitrogens with two attached hydrogens (primary N) is 1. The standard InChI is InChI=1S/C9H13N3O2/c1-3-12(2)8-4-6(9(13)14)7(10)5-11-8/h4-5H,3,10H2,1-2H3,(H,13,14). The number of carboxylic acid groups (broad SMARTS) is 1. The molecule has 0 fully saturated rings. The quantitative estimate of drug-likeness (QED) is 0.746. The van der Waals surface area contributed by atoms with E-state index in [0.717, 1.165) is 6.54 Å². The first-order valence-electron chi connectivity index (χ1n) is 4.26. The predicted octanol–water partition coefficient (Wildman–Crippen LogP) is 0.818. The molecule has 0 amide bonds. The van der Waals surface area contributed by atoms with Crippen LogP contribution in [0.3, 0.4) is 0 Å². The van der Waals surface area contributed by atoms with Crippen molar-refractivity contribution in [3.8, 4) is 0 Å². The van der Waals surface area contributed by atoms with Crippen molar-refractivity contribution in [3.05, 3.63) is 17.8 Å². The van der Waals surface area contributed by atoms with E-state index in [0.29, 0.717) is 5.82 Å². The molecule has 5 heteroatoms. The smallest absolute Gasteiger partial charge is 0.337 e. The van der Waals surface area contributed by atoms with Crippen LogP contribution in [0.1, 0.15) is 17.3 Å². The summed E-state index contributed by atoms with van der Waals surface area (Å²) in [6.45, 7) is 2.72. The molecule has 3 N–H and O–H groups in total. The van der Waals surface area contributed by atoms with Crippen molar-refractivity contribution < 1.29 is 9.90 Å². The van der Waals surface area contributed by atoms with Crippen LogP contribution in [-0.4, -0.2) is 29.7 Å². The molecule has 0 spiro atoms. The van der Waals surface area contributed by atoms with Gasteiger partial charge < -0.3 is 15.7 Å². The molecule has 1 rings (SSSR count). The van der Waals surface area contributed by atoms with Crippen LogP contribution in [-0.2, 0) is 0 Å². The Bertz CT molecular complexity index is 352. The number of aromatic carboxylic acids is 1. The lowest BCUT2D eigenvalue weighted by molar-refractivity contribution is 0.0698. The van der Waals surface area contributed by atoms with Gasteiger partial charge in [0.1, 0.15) is 5.82 Å². The van der Waals surface area contributed by atoms with Crippen LogP contribution >= 0.6 is 0 Å². The Balaban J connectivity index is 3.12. The number of rotatable bonds is 3. The molecular formula is C9H13N3O2. The van der Waals surface area contributed by atoms with Crippen molar-refractivity contribution in [2.75, 3.05) is 24.2 Å². The second-order valence-corrected chi connectivity index (χ2v) is 2.95. The van der Waals surface area contributed by atoms with E-state index in [4.69, 9.17) is 10.8 Å². The normalized spacial score (nSPS) is 9.86. The molecule has 5 nitrogen and oxygen atoms in total. The summed E-state index contributed by atoms with van der Waals surface area (Å²) in [6, 6.07) is 1.47. The summed E-state index contributed by atoms with van der Waals surface area (Å²) in [4.78, 5) is 16.6. The number of nitrogen functional groups attached to an aromatic ring is 1. The zero-order chi connectivity index (χ0) is 10.7. The molecule has 0 saturated heterocycles. The van der Waals surface area contributed by atoms with E-state index in [1.807, 2.05) is 18.9 Å². The van der Waals surface area contributed by atoms with Gasteiger partial charge in [0, 0.05) is 13.6 Å². The second kappa shape index (κ2) is 3.95. The summed E-state index contributed by atoms with van der Waals surface area (Å²) >= 11 is 0. The highest BCUT2D eigenvalue weighted by Gasteiger charge is 2.10. The lowest BCUT2D eigenvalue weighted by atomic mass is 10.2. The van der Waals surface area contributed by atoms with Crippen molar-refractivity contribution in [2.24, 2.45) is 0 Å². The zero-order valence-electron chi connectivity index (χ0n) is 8.19. The molecule has 76 valence electrons. The highest BCUT2D eigenvalue weighted by atomic mass is 16.4. The van der Waals surface area contributed by atoms with Crippen LogP contribution in [0.25, 0.3) is 0 Å². The number of hydrogen-bond acceptors (Lipinski definition) is 4. The van der Waals surface area contributed by atoms with Gasteiger partial charge in [0.2, 0.25) is 0 Å². The van der Waals surface area contributed by atoms with Gasteiger partial charge in [-0.25, -0.2) is 9.78 Å². The number of carboxylic acids is 1. The molecule has 0 aromatic carbocycles. The van der Waals surface area contributed by atoms with Crippen LogP contribution in [0.4, 0.5) is 11.5 Å². The van der Waals surface area contributed by atoms with E-state index >= 15 is 0 Å². The molecule has 0 atom stereocenters. The maximum atomic E-state index is 10.8. The van der Waals surface area contributed by atoms with Crippen LogP contribution in [0.2, 0.25) is 0 Å². The Morgan fingerprint density at radius 3 is 2.86 bits per heavy atom. The number of carbonyl (C=O) groups is 1. The molecule has 1 aromatic rings. The maximum Gasteiger partial charge on any atom is 0.337 e. The van der Waals surface area contributed by atoms with E-state index in [1.54, 1.807) is 0 Å². The summed E-state index contributed by atoms with van der Waals surface area (Å²) < 4.78 is 0. The third-order valence-electron chi connectivity index (χ3n) is 2.02. The largest absolute Gasteiger partial charge is 0.478 e. The van der Waals surface area contributed by atoms with Crippen LogP contribution in [0, 0.1) is 0 Å². The molecular weight excluding hydrogens is 182 g/mol. The molecule has 1 heterocycles. The lowest BCUT2D eigenvalue weighted by Gasteiger charge is -2.16. The zero-order valence-corrected chi connectivity index (χ0v) is 8.19. The Kier molecular flexibility index (Phi) is 2.91. The third kappa shape index (κ3) is 1.93. The number of pyridine rings is 1. The molecule has 0 aliphatic heterocycles. The number of anilines is 2. The second-order valence-electron chi connectivity index (χ2n) is 2.95. The molecule has 0 saturated carbocycles. The van der Waals surface area contributed by atoms with Gasteiger partial charge in [0.15, 0.2) is 0 Å². The van der Waals surface area contributed by atoms with Crippen molar-refractivity contribution in [2.45, 2.75) is 6.92 Å². The Morgan fingerprint density at radius 1 is 1.71 bits per heavy atom. The fourth-order valence-electron chi connectivity index (χ4n) is 1.01. The Hall–Kier alpha value is -1.78. The van der Waals surface area contributed by atoms with Gasteiger partial charge >= 0.3 is 5.97 Å². The van der Waals surface area contributed by atoms with Gasteiger partial charge in [-0.05, 0) is 13.0 Å². The molecule has 0 aliphatic carbocycles. The molecule has 0 bridgehead atoms. The van der Waals surface area contributed by atoms with Crippen molar-refractivity contribution in [1.29, 1.82) is 0 Å². The van der Waals surface area contributed by atoms with E-state index < -0.39 is 5.97 Å². The van der Waals surface area contributed by atoms with Crippen LogP contribution in [0.5, 0.6) is 0 Å². The van der Waals surface area contributed by atoms with E-state index in [2.05, 4.69) is 4.98 Å². The summed E-state index contributed by atoms with van der Waals surface area (Å²) in [6.07, 6.45) is 1.37. The van der Waals surface area contributed by atoms with Crippen LogP contribution in [0.15, 0.2) is 12.3 Å². The third-order valence-corrected chi connectivity index (χ3v) is 2.02. The molecule has 0 unspecified atom stereocenters. The van der Waals surface area contributed by atoms with E-state index in [-0.39, 0.29) is 11.3 Å². The molecule has 0 radical (unpaired) electrons. The minimum atomic E-state index is -1.03. The summed E-state index contributed by atoms with van der Waals surface area (Å²) in [5, 5.41) is 8.82. The van der Waals surface area contributed by atoms with E-state index in [1.165, 1.54) is 12.3 Å². The van der Waals surface area contributed by atoms with Gasteiger partial charge in [-0.3, -0.25) is 0 Å². The first-order valence-corrected chi connectivity index (χ1v) is 4.26. The van der Waals surface area contributed by atoms with Crippen LogP contribution < -0.4 is 10.6 Å². The van der Waals surface area contributed by atoms with Crippen molar-refractivity contribution in [1.82, 2.24) is 4.98 Å². The fourth-order valence-corrected chi connectivity index (χ4v) is 1.01. The van der Waals surface area contributed by atoms with Gasteiger partial charge in [0.05, 0.1) is 17.4 Å². The minimum Gasteiger partial charge on any atom is -0.478 e. The highest BCUT2D eigenvalue weighted by molar-refractivity contribution is 5.94. The Morgan fingerprint density at radius 2 is 2.36 bits per heavy atom. The predicted molar refractivity (Wildman–Crippen MR) is 54.6 cm³/mol. The van der Waals surface area contributed by atoms with Gasteiger partial charge in [-0.1, -0.05) is 0 Å². The average Bonchev–Trinajstić information content (AvgIpc) is 2.17. The summed E-state index contributed by atoms with van der Waals surface area (Å²) in [5.41, 5.74) is 5.75. The molecule has 0 aliphatic rings. The van der Waals surface area contributed by atoms with Crippen molar-refractivity contribution >= 4 is 17.5 Å². The monoisotopic (exact) mass is 195 g/mol. The van der Waals surface area contributed by atoms with Gasteiger partial charge in [-0.15, -0.1) is 0 Å². The maximum absolute atomic E-state index is 10.8. The average molecular weight is 195 g/mol.